The molecule has 2 aliphatic rings. The molecular formula is C23H28FN3O. The van der Waals surface area contributed by atoms with Crippen molar-refractivity contribution >= 4 is 17.3 Å². The first kappa shape index (κ1) is 18.9. The van der Waals surface area contributed by atoms with E-state index < -0.39 is 0 Å². The minimum atomic E-state index is -0.316. The van der Waals surface area contributed by atoms with Gasteiger partial charge >= 0.3 is 0 Å². The fourth-order valence-corrected chi connectivity index (χ4v) is 3.93. The van der Waals surface area contributed by atoms with Crippen LogP contribution in [0.5, 0.6) is 0 Å². The van der Waals surface area contributed by atoms with Crippen molar-refractivity contribution in [3.05, 3.63) is 59.9 Å². The predicted octanol–water partition coefficient (Wildman–Crippen LogP) is 4.07. The molecule has 4 nitrogen and oxygen atoms in total. The van der Waals surface area contributed by atoms with Gasteiger partial charge in [-0.25, -0.2) is 4.39 Å². The van der Waals surface area contributed by atoms with Gasteiger partial charge in [0.2, 0.25) is 5.91 Å². The number of benzene rings is 2. The molecule has 1 saturated heterocycles. The molecule has 28 heavy (non-hydrogen) atoms. The molecule has 5 heteroatoms. The second-order valence-electron chi connectivity index (χ2n) is 7.97. The summed E-state index contributed by atoms with van der Waals surface area (Å²) in [7, 11) is 2.20. The fourth-order valence-electron chi connectivity index (χ4n) is 3.93. The van der Waals surface area contributed by atoms with Crippen LogP contribution in [0.4, 0.5) is 15.8 Å². The minimum absolute atomic E-state index is 0.00993. The molecule has 4 rings (SSSR count). The van der Waals surface area contributed by atoms with E-state index in [2.05, 4.69) is 29.4 Å². The summed E-state index contributed by atoms with van der Waals surface area (Å²) < 4.78 is 13.6. The van der Waals surface area contributed by atoms with Crippen molar-refractivity contribution < 1.29 is 9.18 Å². The van der Waals surface area contributed by atoms with Crippen molar-refractivity contribution in [3.8, 4) is 0 Å². The first-order valence-corrected chi connectivity index (χ1v) is 10.2. The maximum Gasteiger partial charge on any atom is 0.249 e. The van der Waals surface area contributed by atoms with Crippen LogP contribution >= 0.6 is 0 Å². The van der Waals surface area contributed by atoms with Gasteiger partial charge < -0.3 is 15.1 Å². The Kier molecular flexibility index (Phi) is 5.62. The lowest BCUT2D eigenvalue weighted by Gasteiger charge is -2.33. The Morgan fingerprint density at radius 2 is 1.96 bits per heavy atom. The smallest absolute Gasteiger partial charge is 0.249 e. The highest BCUT2D eigenvalue weighted by molar-refractivity contribution is 5.99. The summed E-state index contributed by atoms with van der Waals surface area (Å²) in [5, 5.41) is 3.41. The Balaban J connectivity index is 1.40. The second kappa shape index (κ2) is 8.31. The van der Waals surface area contributed by atoms with Gasteiger partial charge in [0.15, 0.2) is 0 Å². The van der Waals surface area contributed by atoms with E-state index in [0.29, 0.717) is 12.2 Å². The number of carbonyl (C=O) groups excluding carboxylic acids is 1. The number of rotatable bonds is 7. The minimum Gasteiger partial charge on any atom is -0.374 e. The second-order valence-corrected chi connectivity index (χ2v) is 7.97. The van der Waals surface area contributed by atoms with E-state index >= 15 is 0 Å². The number of carbonyl (C=O) groups is 1. The molecular weight excluding hydrogens is 353 g/mol. The van der Waals surface area contributed by atoms with Crippen molar-refractivity contribution in [1.82, 2.24) is 4.90 Å². The molecule has 1 heterocycles. The molecule has 1 amide bonds. The third kappa shape index (κ3) is 4.53. The average Bonchev–Trinajstić information content (AvgIpc) is 3.53. The Bertz CT molecular complexity index is 836. The zero-order chi connectivity index (χ0) is 19.5. The zero-order valence-electron chi connectivity index (χ0n) is 16.4. The Labute approximate surface area is 166 Å². The van der Waals surface area contributed by atoms with E-state index in [-0.39, 0.29) is 17.8 Å². The lowest BCUT2D eigenvalue weighted by atomic mass is 10.0. The van der Waals surface area contributed by atoms with Crippen molar-refractivity contribution in [2.75, 3.05) is 30.4 Å². The van der Waals surface area contributed by atoms with Crippen LogP contribution in [0.25, 0.3) is 0 Å². The summed E-state index contributed by atoms with van der Waals surface area (Å²) >= 11 is 0. The van der Waals surface area contributed by atoms with Crippen LogP contribution < -0.4 is 10.2 Å². The monoisotopic (exact) mass is 381 g/mol. The first-order valence-electron chi connectivity index (χ1n) is 10.2. The summed E-state index contributed by atoms with van der Waals surface area (Å²) in [6, 6.07) is 15.1. The van der Waals surface area contributed by atoms with Gasteiger partial charge in [0.25, 0.3) is 0 Å². The lowest BCUT2D eigenvalue weighted by molar-refractivity contribution is -0.120. The van der Waals surface area contributed by atoms with E-state index in [1.165, 1.54) is 30.5 Å². The van der Waals surface area contributed by atoms with Crippen LogP contribution in [-0.2, 0) is 11.2 Å². The SMILES string of the molecule is CN(CCc1cccc(NC2CCCN(c3cccc(F)c3)C2=O)c1)C1CC1. The summed E-state index contributed by atoms with van der Waals surface area (Å²) in [5.41, 5.74) is 2.89. The highest BCUT2D eigenvalue weighted by atomic mass is 19.1. The van der Waals surface area contributed by atoms with Crippen molar-refractivity contribution in [2.45, 2.75) is 44.2 Å². The van der Waals surface area contributed by atoms with E-state index in [1.54, 1.807) is 17.0 Å². The molecule has 1 aliphatic heterocycles. The topological polar surface area (TPSA) is 35.6 Å². The van der Waals surface area contributed by atoms with E-state index in [4.69, 9.17) is 0 Å². The quantitative estimate of drug-likeness (QED) is 0.785. The third-order valence-corrected chi connectivity index (χ3v) is 5.75. The van der Waals surface area contributed by atoms with Crippen molar-refractivity contribution in [1.29, 1.82) is 0 Å². The van der Waals surface area contributed by atoms with Crippen molar-refractivity contribution in [3.63, 3.8) is 0 Å². The summed E-state index contributed by atoms with van der Waals surface area (Å²) in [6.45, 7) is 1.69. The molecule has 0 aromatic heterocycles. The highest BCUT2D eigenvalue weighted by Crippen LogP contribution is 2.26. The maximum absolute atomic E-state index is 13.6. The molecule has 1 saturated carbocycles. The van der Waals surface area contributed by atoms with Gasteiger partial charge in [0.05, 0.1) is 0 Å². The average molecular weight is 381 g/mol. The summed E-state index contributed by atoms with van der Waals surface area (Å²) in [4.78, 5) is 17.1. The molecule has 2 fully saturated rings. The van der Waals surface area contributed by atoms with Gasteiger partial charge in [-0.2, -0.15) is 0 Å². The Hall–Kier alpha value is -2.40. The van der Waals surface area contributed by atoms with E-state index in [1.807, 2.05) is 12.1 Å². The number of hydrogen-bond acceptors (Lipinski definition) is 3. The van der Waals surface area contributed by atoms with E-state index in [0.717, 1.165) is 37.5 Å². The number of anilines is 2. The number of piperidine rings is 1. The molecule has 2 aromatic carbocycles. The first-order chi connectivity index (χ1) is 13.6. The standard InChI is InChI=1S/C23H28FN3O/c1-26(20-10-11-20)14-12-17-5-2-7-19(15-17)25-22-9-4-13-27(23(22)28)21-8-3-6-18(24)16-21/h2-3,5-8,15-16,20,22,25H,4,9-14H2,1H3. The molecule has 2 aromatic rings. The molecule has 1 aliphatic carbocycles. The number of likely N-dealkylation sites (N-methyl/N-ethyl adjacent to an activating group) is 1. The Morgan fingerprint density at radius 1 is 1.14 bits per heavy atom. The molecule has 0 spiro atoms. The highest BCUT2D eigenvalue weighted by Gasteiger charge is 2.30. The number of nitrogens with zero attached hydrogens (tertiary/aromatic N) is 2. The summed E-state index contributed by atoms with van der Waals surface area (Å²) in [6.07, 6.45) is 5.34. The molecule has 0 bridgehead atoms. The number of nitrogens with one attached hydrogen (secondary N) is 1. The fraction of sp³-hybridized carbons (Fsp3) is 0.435. The van der Waals surface area contributed by atoms with Gasteiger partial charge in [-0.3, -0.25) is 4.79 Å². The maximum atomic E-state index is 13.6. The van der Waals surface area contributed by atoms with Gasteiger partial charge in [0, 0.05) is 30.5 Å². The predicted molar refractivity (Wildman–Crippen MR) is 111 cm³/mol. The van der Waals surface area contributed by atoms with Crippen molar-refractivity contribution in [2.24, 2.45) is 0 Å². The molecule has 0 radical (unpaired) electrons. The molecule has 1 atom stereocenters. The van der Waals surface area contributed by atoms with E-state index in [9.17, 15) is 9.18 Å². The van der Waals surface area contributed by atoms with Crippen LogP contribution in [0.1, 0.15) is 31.2 Å². The van der Waals surface area contributed by atoms with Crippen LogP contribution in [0.3, 0.4) is 0 Å². The molecule has 1 N–H and O–H groups in total. The van der Waals surface area contributed by atoms with Gasteiger partial charge in [0.1, 0.15) is 11.9 Å². The number of hydrogen-bond donors (Lipinski definition) is 1. The summed E-state index contributed by atoms with van der Waals surface area (Å²) in [5.74, 6) is -0.306. The zero-order valence-corrected chi connectivity index (χ0v) is 16.4. The normalized spacial score (nSPS) is 19.9. The third-order valence-electron chi connectivity index (χ3n) is 5.75. The molecule has 148 valence electrons. The van der Waals surface area contributed by atoms with Gasteiger partial charge in [-0.1, -0.05) is 18.2 Å². The molecule has 1 unspecified atom stereocenters. The van der Waals surface area contributed by atoms with Crippen LogP contribution in [0.2, 0.25) is 0 Å². The van der Waals surface area contributed by atoms with Crippen LogP contribution in [-0.4, -0.2) is 43.0 Å². The van der Waals surface area contributed by atoms with Crippen LogP contribution in [0.15, 0.2) is 48.5 Å². The number of halogens is 1. The largest absolute Gasteiger partial charge is 0.374 e. The number of amides is 1. The van der Waals surface area contributed by atoms with Crippen LogP contribution in [0, 0.1) is 5.82 Å². The Morgan fingerprint density at radius 3 is 2.75 bits per heavy atom. The van der Waals surface area contributed by atoms with Gasteiger partial charge in [-0.05, 0) is 75.0 Å². The lowest BCUT2D eigenvalue weighted by Crippen LogP contribution is -2.47. The van der Waals surface area contributed by atoms with Gasteiger partial charge in [-0.15, -0.1) is 0 Å².